The lowest BCUT2D eigenvalue weighted by atomic mass is 10.3. The first-order chi connectivity index (χ1) is 4.45. The summed E-state index contributed by atoms with van der Waals surface area (Å²) in [5, 5.41) is 26.0. The van der Waals surface area contributed by atoms with E-state index in [2.05, 4.69) is 0 Å². The Morgan fingerprint density at radius 3 is 2.30 bits per heavy atom. The smallest absolute Gasteiger partial charge is 0.159 e. The molecular weight excluding hydrogens is 136 g/mol. The van der Waals surface area contributed by atoms with Crippen LogP contribution < -0.4 is 0 Å². The highest BCUT2D eigenvalue weighted by molar-refractivity contribution is 4.54. The molecule has 0 fully saturated rings. The van der Waals surface area contributed by atoms with Gasteiger partial charge in [0.2, 0.25) is 0 Å². The van der Waals surface area contributed by atoms with Gasteiger partial charge in [-0.25, -0.2) is 0 Å². The molecule has 0 spiro atoms. The van der Waals surface area contributed by atoms with Crippen LogP contribution in [0.4, 0.5) is 0 Å². The van der Waals surface area contributed by atoms with Gasteiger partial charge in [-0.2, -0.15) is 0 Å². The second-order valence-electron chi connectivity index (χ2n) is 2.59. The first-order valence-corrected chi connectivity index (χ1v) is 3.11. The lowest BCUT2D eigenvalue weighted by Crippen LogP contribution is -2.30. The molecule has 0 saturated carbocycles. The van der Waals surface area contributed by atoms with Crippen LogP contribution in [0.25, 0.3) is 0 Å². The van der Waals surface area contributed by atoms with Gasteiger partial charge in [-0.15, -0.1) is 0 Å². The molecule has 0 aliphatic rings. The highest BCUT2D eigenvalue weighted by atomic mass is 16.6. The van der Waals surface area contributed by atoms with E-state index in [1.807, 2.05) is 0 Å². The van der Waals surface area contributed by atoms with Crippen molar-refractivity contribution < 1.29 is 20.1 Å². The molecule has 0 amide bonds. The number of aliphatic hydroxyl groups is 3. The number of hydrogen-bond acceptors (Lipinski definition) is 4. The zero-order valence-electron chi connectivity index (χ0n) is 6.24. The summed E-state index contributed by atoms with van der Waals surface area (Å²) in [6.07, 6.45) is -0.911. The molecule has 0 aliphatic heterocycles. The Balaban J connectivity index is 3.36. The van der Waals surface area contributed by atoms with Crippen LogP contribution in [0.2, 0.25) is 0 Å². The van der Waals surface area contributed by atoms with Gasteiger partial charge in [0.25, 0.3) is 0 Å². The summed E-state index contributed by atoms with van der Waals surface area (Å²) in [7, 11) is 0. The summed E-state index contributed by atoms with van der Waals surface area (Å²) >= 11 is 0. The van der Waals surface area contributed by atoms with Crippen LogP contribution in [0.1, 0.15) is 13.8 Å². The van der Waals surface area contributed by atoms with Gasteiger partial charge in [-0.1, -0.05) is 0 Å². The van der Waals surface area contributed by atoms with E-state index < -0.39 is 11.9 Å². The third-order valence-corrected chi connectivity index (χ3v) is 0.840. The van der Waals surface area contributed by atoms with E-state index in [0.29, 0.717) is 0 Å². The Kier molecular flexibility index (Phi) is 3.81. The van der Waals surface area contributed by atoms with Crippen molar-refractivity contribution in [1.82, 2.24) is 0 Å². The van der Waals surface area contributed by atoms with Crippen molar-refractivity contribution in [2.24, 2.45) is 0 Å². The van der Waals surface area contributed by atoms with E-state index in [4.69, 9.17) is 20.1 Å². The van der Waals surface area contributed by atoms with Gasteiger partial charge in [0, 0.05) is 0 Å². The van der Waals surface area contributed by atoms with Crippen molar-refractivity contribution in [2.45, 2.75) is 25.7 Å². The fourth-order valence-corrected chi connectivity index (χ4v) is 0.353. The predicted molar refractivity (Wildman–Crippen MR) is 35.3 cm³/mol. The van der Waals surface area contributed by atoms with E-state index in [1.165, 1.54) is 13.8 Å². The van der Waals surface area contributed by atoms with Crippen LogP contribution >= 0.6 is 0 Å². The molecule has 0 aromatic carbocycles. The summed E-state index contributed by atoms with van der Waals surface area (Å²) in [6, 6.07) is 0. The van der Waals surface area contributed by atoms with Crippen molar-refractivity contribution >= 4 is 0 Å². The molecule has 4 nitrogen and oxygen atoms in total. The Morgan fingerprint density at radius 1 is 1.50 bits per heavy atom. The normalized spacial score (nSPS) is 15.3. The third kappa shape index (κ3) is 5.97. The summed E-state index contributed by atoms with van der Waals surface area (Å²) in [6.45, 7) is 2.50. The highest BCUT2D eigenvalue weighted by Crippen LogP contribution is 2.02. The molecule has 0 saturated heterocycles. The molecule has 4 heteroatoms. The van der Waals surface area contributed by atoms with Crippen LogP contribution in [-0.4, -0.2) is 40.4 Å². The second-order valence-corrected chi connectivity index (χ2v) is 2.59. The summed E-state index contributed by atoms with van der Waals surface area (Å²) < 4.78 is 4.73. The van der Waals surface area contributed by atoms with Crippen molar-refractivity contribution in [2.75, 3.05) is 13.2 Å². The van der Waals surface area contributed by atoms with E-state index >= 15 is 0 Å². The largest absolute Gasteiger partial charge is 0.394 e. The van der Waals surface area contributed by atoms with Crippen molar-refractivity contribution in [3.8, 4) is 0 Å². The van der Waals surface area contributed by atoms with Gasteiger partial charge in [0.05, 0.1) is 13.2 Å². The molecule has 0 aromatic heterocycles. The molecule has 3 N–H and O–H groups in total. The quantitative estimate of drug-likeness (QED) is 0.453. The molecule has 10 heavy (non-hydrogen) atoms. The van der Waals surface area contributed by atoms with Crippen LogP contribution in [0, 0.1) is 0 Å². The van der Waals surface area contributed by atoms with Crippen molar-refractivity contribution in [3.05, 3.63) is 0 Å². The molecular formula is C6H14O4. The maximum Gasteiger partial charge on any atom is 0.159 e. The molecule has 0 aromatic rings. The van der Waals surface area contributed by atoms with Crippen molar-refractivity contribution in [1.29, 1.82) is 0 Å². The molecule has 0 rings (SSSR count). The van der Waals surface area contributed by atoms with Crippen molar-refractivity contribution in [3.63, 3.8) is 0 Å². The summed E-state index contributed by atoms with van der Waals surface area (Å²) in [5.74, 6) is -1.24. The molecule has 1 atom stereocenters. The minimum Gasteiger partial charge on any atom is -0.394 e. The van der Waals surface area contributed by atoms with E-state index in [1.54, 1.807) is 0 Å². The SMILES string of the molecule is CC(C)(O)OCC(O)CO. The van der Waals surface area contributed by atoms with Gasteiger partial charge < -0.3 is 20.1 Å². The van der Waals surface area contributed by atoms with E-state index in [-0.39, 0.29) is 13.2 Å². The molecule has 0 bridgehead atoms. The standard InChI is InChI=1S/C6H14O4/c1-6(2,9)10-4-5(8)3-7/h5,7-9H,3-4H2,1-2H3. The molecule has 0 heterocycles. The van der Waals surface area contributed by atoms with Gasteiger partial charge in [0.15, 0.2) is 5.79 Å². The zero-order chi connectivity index (χ0) is 8.20. The van der Waals surface area contributed by atoms with Gasteiger partial charge in [-0.05, 0) is 13.8 Å². The molecule has 1 unspecified atom stereocenters. The van der Waals surface area contributed by atoms with E-state index in [9.17, 15) is 0 Å². The summed E-state index contributed by atoms with van der Waals surface area (Å²) in [5.41, 5.74) is 0. The lowest BCUT2D eigenvalue weighted by Gasteiger charge is -2.19. The number of rotatable bonds is 4. The van der Waals surface area contributed by atoms with Crippen LogP contribution in [-0.2, 0) is 4.74 Å². The number of aliphatic hydroxyl groups excluding tert-OH is 2. The average molecular weight is 150 g/mol. The number of hydrogen-bond donors (Lipinski definition) is 3. The van der Waals surface area contributed by atoms with Gasteiger partial charge in [0.1, 0.15) is 6.10 Å². The Bertz CT molecular complexity index is 86.2. The minimum absolute atomic E-state index is 0.0556. The monoisotopic (exact) mass is 150 g/mol. The fraction of sp³-hybridized carbons (Fsp3) is 1.00. The van der Waals surface area contributed by atoms with Gasteiger partial charge in [-0.3, -0.25) is 0 Å². The van der Waals surface area contributed by atoms with Crippen LogP contribution in [0.15, 0.2) is 0 Å². The fourth-order valence-electron chi connectivity index (χ4n) is 0.353. The molecule has 0 aliphatic carbocycles. The van der Waals surface area contributed by atoms with Crippen LogP contribution in [0.3, 0.4) is 0 Å². The first-order valence-electron chi connectivity index (χ1n) is 3.11. The Labute approximate surface area is 60.1 Å². The maximum absolute atomic E-state index is 8.95. The first kappa shape index (κ1) is 9.84. The van der Waals surface area contributed by atoms with Crippen LogP contribution in [0.5, 0.6) is 0 Å². The Hall–Kier alpha value is -0.160. The van der Waals surface area contributed by atoms with Gasteiger partial charge >= 0.3 is 0 Å². The molecule has 62 valence electrons. The lowest BCUT2D eigenvalue weighted by molar-refractivity contribution is -0.192. The average Bonchev–Trinajstić information content (AvgIpc) is 1.81. The topological polar surface area (TPSA) is 69.9 Å². The minimum atomic E-state index is -1.24. The highest BCUT2D eigenvalue weighted by Gasteiger charge is 2.14. The van der Waals surface area contributed by atoms with E-state index in [0.717, 1.165) is 0 Å². The zero-order valence-corrected chi connectivity index (χ0v) is 6.24. The summed E-state index contributed by atoms with van der Waals surface area (Å²) in [4.78, 5) is 0. The predicted octanol–water partition coefficient (Wildman–Crippen LogP) is -0.915. The Morgan fingerprint density at radius 2 is 2.00 bits per heavy atom. The number of ether oxygens (including phenoxy) is 1. The maximum atomic E-state index is 8.95. The molecule has 0 radical (unpaired) electrons. The second kappa shape index (κ2) is 3.88. The third-order valence-electron chi connectivity index (χ3n) is 0.840.